The fraction of sp³-hybridized carbons (Fsp3) is 0.462. The number of carbonyl (C=O) groups is 1. The van der Waals surface area contributed by atoms with Crippen molar-refractivity contribution in [2.24, 2.45) is 0 Å². The molecule has 4 heteroatoms. The zero-order valence-electron chi connectivity index (χ0n) is 9.88. The van der Waals surface area contributed by atoms with E-state index >= 15 is 0 Å². The van der Waals surface area contributed by atoms with Gasteiger partial charge in [-0.05, 0) is 24.1 Å². The molecule has 0 heterocycles. The lowest BCUT2D eigenvalue weighted by Crippen LogP contribution is -2.30. The van der Waals surface area contributed by atoms with Crippen LogP contribution in [0.5, 0.6) is 0 Å². The first-order chi connectivity index (χ1) is 8.11. The summed E-state index contributed by atoms with van der Waals surface area (Å²) < 4.78 is 12.7. The second kappa shape index (κ2) is 7.43. The third kappa shape index (κ3) is 5.82. The number of amides is 1. The smallest absolute Gasteiger partial charge is 0.224 e. The van der Waals surface area contributed by atoms with Gasteiger partial charge in [-0.2, -0.15) is 0 Å². The van der Waals surface area contributed by atoms with Gasteiger partial charge in [0.1, 0.15) is 5.82 Å². The molecule has 0 bridgehead atoms. The van der Waals surface area contributed by atoms with Crippen LogP contribution >= 0.6 is 15.9 Å². The standard InChI is InChI=1S/C13H17BrFNO/c1-2-3-11(14)9-16-13(17)8-10-4-6-12(15)7-5-10/h4-7,11H,2-3,8-9H2,1H3,(H,16,17). The van der Waals surface area contributed by atoms with Crippen molar-refractivity contribution in [3.8, 4) is 0 Å². The molecule has 1 aromatic rings. The highest BCUT2D eigenvalue weighted by Gasteiger charge is 2.06. The molecule has 0 saturated carbocycles. The van der Waals surface area contributed by atoms with Crippen molar-refractivity contribution >= 4 is 21.8 Å². The van der Waals surface area contributed by atoms with E-state index < -0.39 is 0 Å². The van der Waals surface area contributed by atoms with Crippen LogP contribution in [0.1, 0.15) is 25.3 Å². The molecule has 0 fully saturated rings. The normalized spacial score (nSPS) is 12.2. The van der Waals surface area contributed by atoms with E-state index in [0.29, 0.717) is 17.8 Å². The highest BCUT2D eigenvalue weighted by atomic mass is 79.9. The van der Waals surface area contributed by atoms with E-state index in [1.165, 1.54) is 12.1 Å². The van der Waals surface area contributed by atoms with Crippen LogP contribution < -0.4 is 5.32 Å². The highest BCUT2D eigenvalue weighted by Crippen LogP contribution is 2.07. The van der Waals surface area contributed by atoms with Gasteiger partial charge in [-0.3, -0.25) is 4.79 Å². The van der Waals surface area contributed by atoms with Crippen LogP contribution in [0.4, 0.5) is 4.39 Å². The molecule has 1 atom stereocenters. The van der Waals surface area contributed by atoms with Crippen LogP contribution in [0, 0.1) is 5.82 Å². The predicted octanol–water partition coefficient (Wildman–Crippen LogP) is 3.05. The lowest BCUT2D eigenvalue weighted by molar-refractivity contribution is -0.120. The van der Waals surface area contributed by atoms with Crippen LogP contribution in [0.2, 0.25) is 0 Å². The summed E-state index contributed by atoms with van der Waals surface area (Å²) in [5, 5.41) is 2.85. The van der Waals surface area contributed by atoms with Crippen molar-refractivity contribution in [2.45, 2.75) is 31.0 Å². The molecular formula is C13H17BrFNO. The molecule has 0 aliphatic carbocycles. The Morgan fingerprint density at radius 1 is 1.41 bits per heavy atom. The Morgan fingerprint density at radius 3 is 2.65 bits per heavy atom. The summed E-state index contributed by atoms with van der Waals surface area (Å²) >= 11 is 3.50. The number of carbonyl (C=O) groups excluding carboxylic acids is 1. The van der Waals surface area contributed by atoms with Crippen molar-refractivity contribution in [1.29, 1.82) is 0 Å². The molecule has 1 rings (SSSR count). The molecule has 1 amide bonds. The van der Waals surface area contributed by atoms with Gasteiger partial charge in [0.05, 0.1) is 6.42 Å². The predicted molar refractivity (Wildman–Crippen MR) is 70.7 cm³/mol. The molecule has 1 unspecified atom stereocenters. The molecule has 1 aromatic carbocycles. The van der Waals surface area contributed by atoms with Gasteiger partial charge in [0.25, 0.3) is 0 Å². The number of halogens is 2. The largest absolute Gasteiger partial charge is 0.355 e. The van der Waals surface area contributed by atoms with E-state index in [9.17, 15) is 9.18 Å². The molecular weight excluding hydrogens is 285 g/mol. The Morgan fingerprint density at radius 2 is 2.06 bits per heavy atom. The summed E-state index contributed by atoms with van der Waals surface area (Å²) in [4.78, 5) is 11.9. The van der Waals surface area contributed by atoms with Crippen LogP contribution in [0.15, 0.2) is 24.3 Å². The number of nitrogens with one attached hydrogen (secondary N) is 1. The number of hydrogen-bond acceptors (Lipinski definition) is 1. The summed E-state index contributed by atoms with van der Waals surface area (Å²) in [5.74, 6) is -0.310. The Bertz CT molecular complexity index is 353. The Kier molecular flexibility index (Phi) is 6.19. The van der Waals surface area contributed by atoms with Gasteiger partial charge >= 0.3 is 0 Å². The number of rotatable bonds is 6. The summed E-state index contributed by atoms with van der Waals surface area (Å²) in [7, 11) is 0. The van der Waals surface area contributed by atoms with Crippen molar-refractivity contribution in [3.05, 3.63) is 35.6 Å². The lowest BCUT2D eigenvalue weighted by Gasteiger charge is -2.10. The molecule has 0 radical (unpaired) electrons. The molecule has 0 aliphatic rings. The fourth-order valence-electron chi connectivity index (χ4n) is 1.49. The van der Waals surface area contributed by atoms with Crippen LogP contribution in [-0.4, -0.2) is 17.3 Å². The lowest BCUT2D eigenvalue weighted by atomic mass is 10.1. The van der Waals surface area contributed by atoms with E-state index in [1.807, 2.05) is 0 Å². The van der Waals surface area contributed by atoms with Crippen LogP contribution in [-0.2, 0) is 11.2 Å². The van der Waals surface area contributed by atoms with E-state index in [1.54, 1.807) is 12.1 Å². The Labute approximate surface area is 110 Å². The van der Waals surface area contributed by atoms with Crippen molar-refractivity contribution in [2.75, 3.05) is 6.54 Å². The van der Waals surface area contributed by atoms with Gasteiger partial charge in [-0.15, -0.1) is 0 Å². The third-order valence-electron chi connectivity index (χ3n) is 2.40. The average molecular weight is 302 g/mol. The SMILES string of the molecule is CCCC(Br)CNC(=O)Cc1ccc(F)cc1. The first-order valence-corrected chi connectivity index (χ1v) is 6.68. The minimum absolute atomic E-state index is 0.0304. The summed E-state index contributed by atoms with van der Waals surface area (Å²) in [6.07, 6.45) is 2.42. The zero-order chi connectivity index (χ0) is 12.7. The third-order valence-corrected chi connectivity index (χ3v) is 3.18. The average Bonchev–Trinajstić information content (AvgIpc) is 2.30. The molecule has 0 saturated heterocycles. The van der Waals surface area contributed by atoms with E-state index in [-0.39, 0.29) is 11.7 Å². The van der Waals surface area contributed by atoms with Gasteiger partial charge in [0.2, 0.25) is 5.91 Å². The molecule has 2 nitrogen and oxygen atoms in total. The van der Waals surface area contributed by atoms with E-state index in [0.717, 1.165) is 18.4 Å². The van der Waals surface area contributed by atoms with Gasteiger partial charge in [0.15, 0.2) is 0 Å². The molecule has 0 aliphatic heterocycles. The highest BCUT2D eigenvalue weighted by molar-refractivity contribution is 9.09. The fourth-order valence-corrected chi connectivity index (χ4v) is 2.11. The maximum atomic E-state index is 12.7. The number of hydrogen-bond donors (Lipinski definition) is 1. The molecule has 0 spiro atoms. The monoisotopic (exact) mass is 301 g/mol. The second-order valence-electron chi connectivity index (χ2n) is 3.99. The zero-order valence-corrected chi connectivity index (χ0v) is 11.5. The maximum Gasteiger partial charge on any atom is 0.224 e. The van der Waals surface area contributed by atoms with E-state index in [2.05, 4.69) is 28.2 Å². The van der Waals surface area contributed by atoms with Crippen LogP contribution in [0.25, 0.3) is 0 Å². The minimum atomic E-state index is -0.280. The maximum absolute atomic E-state index is 12.7. The topological polar surface area (TPSA) is 29.1 Å². The van der Waals surface area contributed by atoms with Gasteiger partial charge < -0.3 is 5.32 Å². The summed E-state index contributed by atoms with van der Waals surface area (Å²) in [6.45, 7) is 2.74. The van der Waals surface area contributed by atoms with Gasteiger partial charge in [-0.25, -0.2) is 4.39 Å². The van der Waals surface area contributed by atoms with Gasteiger partial charge in [-0.1, -0.05) is 41.4 Å². The minimum Gasteiger partial charge on any atom is -0.355 e. The summed E-state index contributed by atoms with van der Waals surface area (Å²) in [6, 6.07) is 6.00. The van der Waals surface area contributed by atoms with Gasteiger partial charge in [0, 0.05) is 11.4 Å². The summed E-state index contributed by atoms with van der Waals surface area (Å²) in [5.41, 5.74) is 0.825. The molecule has 1 N–H and O–H groups in total. The first-order valence-electron chi connectivity index (χ1n) is 5.77. The quantitative estimate of drug-likeness (QED) is 0.804. The van der Waals surface area contributed by atoms with Crippen molar-refractivity contribution in [3.63, 3.8) is 0 Å². The molecule has 17 heavy (non-hydrogen) atoms. The van der Waals surface area contributed by atoms with Crippen molar-refractivity contribution < 1.29 is 9.18 Å². The van der Waals surface area contributed by atoms with E-state index in [4.69, 9.17) is 0 Å². The molecule has 94 valence electrons. The van der Waals surface area contributed by atoms with Crippen LogP contribution in [0.3, 0.4) is 0 Å². The first kappa shape index (κ1) is 14.2. The Hall–Kier alpha value is -0.900. The second-order valence-corrected chi connectivity index (χ2v) is 5.29. The Balaban J connectivity index is 2.32. The number of alkyl halides is 1. The number of benzene rings is 1. The van der Waals surface area contributed by atoms with Crippen molar-refractivity contribution in [1.82, 2.24) is 5.32 Å². The molecule has 0 aromatic heterocycles.